The van der Waals surface area contributed by atoms with Crippen molar-refractivity contribution in [2.75, 3.05) is 26.8 Å². The summed E-state index contributed by atoms with van der Waals surface area (Å²) in [5.41, 5.74) is 0.419. The molecule has 0 saturated heterocycles. The zero-order valence-corrected chi connectivity index (χ0v) is 21.1. The van der Waals surface area contributed by atoms with Crippen LogP contribution in [0.2, 0.25) is 0 Å². The van der Waals surface area contributed by atoms with E-state index in [-0.39, 0.29) is 18.2 Å². The molecule has 0 spiro atoms. The van der Waals surface area contributed by atoms with Crippen molar-refractivity contribution in [3.05, 3.63) is 10.6 Å². The average molecular weight is 490 g/mol. The molecule has 33 heavy (non-hydrogen) atoms. The van der Waals surface area contributed by atoms with Crippen LogP contribution in [0, 0.1) is 5.92 Å². The molecule has 1 amide bonds. The number of hydrogen-bond acceptors (Lipinski definition) is 7. The summed E-state index contributed by atoms with van der Waals surface area (Å²) in [5, 5.41) is 3.31. The molecule has 188 valence electrons. The molecule has 1 aromatic heterocycles. The molecule has 0 radical (unpaired) electrons. The first-order valence-corrected chi connectivity index (χ1v) is 12.5. The quantitative estimate of drug-likeness (QED) is 0.574. The maximum Gasteiger partial charge on any atom is 0.407 e. The van der Waals surface area contributed by atoms with Gasteiger partial charge in [0.15, 0.2) is 6.61 Å². The van der Waals surface area contributed by atoms with Crippen LogP contribution in [0.15, 0.2) is 0 Å². The molecule has 10 heteroatoms. The van der Waals surface area contributed by atoms with Crippen LogP contribution < -0.4 is 10.1 Å². The Morgan fingerprint density at radius 2 is 1.94 bits per heavy atom. The first-order valence-electron chi connectivity index (χ1n) is 11.7. The normalized spacial score (nSPS) is 23.0. The largest absolute Gasteiger partial charge is 0.464 e. The minimum absolute atomic E-state index is 0.0992. The molecule has 1 fully saturated rings. The second-order valence-corrected chi connectivity index (χ2v) is 11.3. The highest BCUT2D eigenvalue weighted by Crippen LogP contribution is 2.33. The Morgan fingerprint density at radius 3 is 2.55 bits per heavy atom. The van der Waals surface area contributed by atoms with Crippen LogP contribution in [0.1, 0.15) is 63.9 Å². The number of alkyl halides is 2. The third kappa shape index (κ3) is 8.33. The molecule has 1 aliphatic carbocycles. The number of aromatic nitrogens is 1. The maximum atomic E-state index is 13.1. The van der Waals surface area contributed by atoms with Gasteiger partial charge in [0.2, 0.25) is 0 Å². The van der Waals surface area contributed by atoms with E-state index in [1.165, 1.54) is 11.3 Å². The third-order valence-electron chi connectivity index (χ3n) is 6.00. The monoisotopic (exact) mass is 489 g/mol. The Bertz CT molecular complexity index is 786. The number of nitrogens with one attached hydrogen (secondary N) is 1. The fourth-order valence-electron chi connectivity index (χ4n) is 4.42. The van der Waals surface area contributed by atoms with E-state index in [0.29, 0.717) is 17.7 Å². The summed E-state index contributed by atoms with van der Waals surface area (Å²) in [6.45, 7) is 8.12. The lowest BCUT2D eigenvalue weighted by Gasteiger charge is -2.37. The average Bonchev–Trinajstić information content (AvgIpc) is 3.11. The second-order valence-electron chi connectivity index (χ2n) is 10.2. The summed E-state index contributed by atoms with van der Waals surface area (Å²) in [5.74, 6) is -2.44. The van der Waals surface area contributed by atoms with Crippen molar-refractivity contribution in [3.63, 3.8) is 0 Å². The molecule has 1 aromatic rings. The smallest absolute Gasteiger partial charge is 0.407 e. The summed E-state index contributed by atoms with van der Waals surface area (Å²) < 4.78 is 42.6. The molecule has 1 N–H and O–H groups in total. The zero-order chi connectivity index (χ0) is 24.2. The second kappa shape index (κ2) is 10.8. The van der Waals surface area contributed by atoms with Gasteiger partial charge in [0.05, 0.1) is 11.8 Å². The summed E-state index contributed by atoms with van der Waals surface area (Å²) in [4.78, 5) is 19.9. The van der Waals surface area contributed by atoms with Crippen LogP contribution >= 0.6 is 11.3 Å². The first kappa shape index (κ1) is 26.1. The van der Waals surface area contributed by atoms with Crippen LogP contribution in [0.3, 0.4) is 0 Å². The predicted octanol–water partition coefficient (Wildman–Crippen LogP) is 4.63. The van der Waals surface area contributed by atoms with Gasteiger partial charge in [-0.3, -0.25) is 4.90 Å². The van der Waals surface area contributed by atoms with E-state index in [0.717, 1.165) is 62.7 Å². The van der Waals surface area contributed by atoms with Crippen molar-refractivity contribution in [2.45, 2.75) is 90.0 Å². The number of rotatable bonds is 8. The van der Waals surface area contributed by atoms with Crippen molar-refractivity contribution in [1.82, 2.24) is 15.2 Å². The van der Waals surface area contributed by atoms with E-state index in [9.17, 15) is 13.6 Å². The van der Waals surface area contributed by atoms with Gasteiger partial charge < -0.3 is 19.5 Å². The number of hydrogen-bond donors (Lipinski definition) is 1. The molecule has 2 heterocycles. The summed E-state index contributed by atoms with van der Waals surface area (Å²) in [6, 6.07) is 0.134. The van der Waals surface area contributed by atoms with Crippen LogP contribution in [-0.2, 0) is 22.4 Å². The molecule has 1 atom stereocenters. The highest BCUT2D eigenvalue weighted by Gasteiger charge is 2.32. The number of alkyl carbamates (subject to hydrolysis) is 1. The van der Waals surface area contributed by atoms with Gasteiger partial charge >= 0.3 is 6.09 Å². The van der Waals surface area contributed by atoms with Crippen molar-refractivity contribution in [3.8, 4) is 5.19 Å². The molecular formula is C23H37F2N3O4S. The fourth-order valence-corrected chi connectivity index (χ4v) is 5.32. The summed E-state index contributed by atoms with van der Waals surface area (Å²) >= 11 is 1.37. The van der Waals surface area contributed by atoms with Crippen molar-refractivity contribution in [1.29, 1.82) is 0 Å². The lowest BCUT2D eigenvalue weighted by atomic mass is 9.82. The Balaban J connectivity index is 1.46. The molecular weight excluding hydrogens is 452 g/mol. The van der Waals surface area contributed by atoms with Gasteiger partial charge in [-0.1, -0.05) is 11.3 Å². The molecule has 1 saturated carbocycles. The summed E-state index contributed by atoms with van der Waals surface area (Å²) in [6.07, 6.45) is 4.36. The SMILES string of the molecule is COC(CN1CCc2sc(OCC(C)(F)F)nc2C1)C1CCC(NC(=O)OC(C)(C)C)CC1. The molecule has 3 rings (SSSR count). The highest BCUT2D eigenvalue weighted by atomic mass is 32.1. The zero-order valence-electron chi connectivity index (χ0n) is 20.3. The van der Waals surface area contributed by atoms with Crippen LogP contribution in [0.25, 0.3) is 0 Å². The van der Waals surface area contributed by atoms with E-state index in [2.05, 4.69) is 15.2 Å². The van der Waals surface area contributed by atoms with Gasteiger partial charge in [0.25, 0.3) is 11.1 Å². The Morgan fingerprint density at radius 1 is 1.24 bits per heavy atom. The molecule has 7 nitrogen and oxygen atoms in total. The number of carbonyl (C=O) groups excluding carboxylic acids is 1. The number of fused-ring (bicyclic) bond motifs is 1. The molecule has 0 bridgehead atoms. The van der Waals surface area contributed by atoms with Crippen molar-refractivity contribution >= 4 is 17.4 Å². The number of methoxy groups -OCH3 is 1. The van der Waals surface area contributed by atoms with E-state index >= 15 is 0 Å². The number of carbonyl (C=O) groups is 1. The molecule has 0 aromatic carbocycles. The van der Waals surface area contributed by atoms with Crippen molar-refractivity contribution < 1.29 is 27.8 Å². The third-order valence-corrected chi connectivity index (χ3v) is 7.07. The van der Waals surface area contributed by atoms with E-state index in [1.807, 2.05) is 20.8 Å². The minimum Gasteiger partial charge on any atom is -0.464 e. The highest BCUT2D eigenvalue weighted by molar-refractivity contribution is 7.13. The van der Waals surface area contributed by atoms with Gasteiger partial charge in [-0.25, -0.2) is 18.6 Å². The van der Waals surface area contributed by atoms with Gasteiger partial charge in [0.1, 0.15) is 5.60 Å². The first-order chi connectivity index (χ1) is 15.4. The van der Waals surface area contributed by atoms with E-state index < -0.39 is 18.1 Å². The van der Waals surface area contributed by atoms with Crippen LogP contribution in [-0.4, -0.2) is 66.5 Å². The Hall–Kier alpha value is -1.52. The Kier molecular flexibility index (Phi) is 8.55. The van der Waals surface area contributed by atoms with Crippen LogP contribution in [0.4, 0.5) is 13.6 Å². The predicted molar refractivity (Wildman–Crippen MR) is 123 cm³/mol. The lowest BCUT2D eigenvalue weighted by Crippen LogP contribution is -2.44. The molecule has 1 unspecified atom stereocenters. The molecule has 2 aliphatic rings. The Labute approximate surface area is 199 Å². The van der Waals surface area contributed by atoms with Crippen LogP contribution in [0.5, 0.6) is 5.19 Å². The minimum atomic E-state index is -2.87. The maximum absolute atomic E-state index is 13.1. The summed E-state index contributed by atoms with van der Waals surface area (Å²) in [7, 11) is 1.75. The van der Waals surface area contributed by atoms with Gasteiger partial charge in [-0.15, -0.1) is 0 Å². The number of thiazole rings is 1. The number of nitrogens with zero attached hydrogens (tertiary/aromatic N) is 2. The van der Waals surface area contributed by atoms with E-state index in [1.54, 1.807) is 7.11 Å². The standard InChI is InChI=1S/C23H37F2N3O4S/c1-22(2,3)32-20(29)26-16-8-6-15(7-9-16)18(30-5)13-28-11-10-19-17(12-28)27-21(33-19)31-14-23(4,24)25/h15-16,18H,6-14H2,1-5H3,(H,26,29). The number of ether oxygens (including phenoxy) is 3. The van der Waals surface area contributed by atoms with Gasteiger partial charge in [-0.2, -0.15) is 0 Å². The van der Waals surface area contributed by atoms with Crippen molar-refractivity contribution in [2.24, 2.45) is 5.92 Å². The fraction of sp³-hybridized carbons (Fsp3) is 0.826. The molecule has 1 aliphatic heterocycles. The van der Waals surface area contributed by atoms with Gasteiger partial charge in [-0.05, 0) is 58.8 Å². The lowest BCUT2D eigenvalue weighted by molar-refractivity contribution is -0.0231. The topological polar surface area (TPSA) is 72.9 Å². The van der Waals surface area contributed by atoms with Gasteiger partial charge in [0, 0.05) is 44.6 Å². The number of halogens is 2. The number of amides is 1. The van der Waals surface area contributed by atoms with E-state index in [4.69, 9.17) is 14.2 Å².